The smallest absolute Gasteiger partial charge is 0.410 e. The molecule has 10 nitrogen and oxygen atoms in total. The van der Waals surface area contributed by atoms with Crippen LogP contribution in [0.25, 0.3) is 11.3 Å². The van der Waals surface area contributed by atoms with E-state index in [1.807, 2.05) is 52.1 Å². The Morgan fingerprint density at radius 2 is 1.83 bits per heavy atom. The van der Waals surface area contributed by atoms with Crippen molar-refractivity contribution in [3.63, 3.8) is 0 Å². The highest BCUT2D eigenvalue weighted by Crippen LogP contribution is 2.34. The number of ether oxygens (including phenoxy) is 1. The summed E-state index contributed by atoms with van der Waals surface area (Å²) < 4.78 is 5.48. The number of nitriles is 1. The number of carbonyl (C=O) groups excluding carboxylic acids is 3. The molecule has 0 bridgehead atoms. The first-order chi connectivity index (χ1) is 19.4. The molecule has 2 aliphatic rings. The first-order valence-electron chi connectivity index (χ1n) is 14.2. The number of carbonyl (C=O) groups is 3. The quantitative estimate of drug-likeness (QED) is 0.382. The van der Waals surface area contributed by atoms with E-state index in [1.54, 1.807) is 17.0 Å². The van der Waals surface area contributed by atoms with Crippen LogP contribution in [0.3, 0.4) is 0 Å². The number of piperidine rings is 1. The molecule has 0 spiro atoms. The molecule has 4 rings (SSSR count). The summed E-state index contributed by atoms with van der Waals surface area (Å²) in [5.41, 5.74) is 0.848. The van der Waals surface area contributed by atoms with Gasteiger partial charge in [0.15, 0.2) is 5.13 Å². The molecule has 3 N–H and O–H groups in total. The van der Waals surface area contributed by atoms with Crippen molar-refractivity contribution in [3.8, 4) is 17.3 Å². The molecule has 1 aromatic heterocycles. The second-order valence-corrected chi connectivity index (χ2v) is 13.2. The molecule has 1 aliphatic carbocycles. The minimum Gasteiger partial charge on any atom is -0.444 e. The van der Waals surface area contributed by atoms with E-state index in [-0.39, 0.29) is 29.9 Å². The minimum absolute atomic E-state index is 0.190. The van der Waals surface area contributed by atoms with E-state index in [2.05, 4.69) is 22.0 Å². The molecule has 1 aliphatic heterocycles. The second kappa shape index (κ2) is 12.5. The molecule has 220 valence electrons. The molecular formula is C30H40N6O4S. The van der Waals surface area contributed by atoms with Crippen LogP contribution in [0.15, 0.2) is 29.6 Å². The number of amides is 3. The highest BCUT2D eigenvalue weighted by Gasteiger charge is 2.45. The largest absolute Gasteiger partial charge is 0.444 e. The van der Waals surface area contributed by atoms with Gasteiger partial charge < -0.3 is 25.6 Å². The van der Waals surface area contributed by atoms with Crippen molar-refractivity contribution in [2.45, 2.75) is 89.9 Å². The number of nitrogens with one attached hydrogen (secondary N) is 3. The summed E-state index contributed by atoms with van der Waals surface area (Å²) in [6.45, 7) is 10.8. The van der Waals surface area contributed by atoms with E-state index >= 15 is 0 Å². The van der Waals surface area contributed by atoms with Crippen LogP contribution >= 0.6 is 11.3 Å². The van der Waals surface area contributed by atoms with Gasteiger partial charge in [-0.1, -0.05) is 26.0 Å². The van der Waals surface area contributed by atoms with Crippen LogP contribution in [0.5, 0.6) is 0 Å². The number of anilines is 1. The van der Waals surface area contributed by atoms with E-state index in [0.29, 0.717) is 37.9 Å². The number of likely N-dealkylation sites (tertiary alicyclic amines) is 1. The summed E-state index contributed by atoms with van der Waals surface area (Å²) in [4.78, 5) is 44.6. The third-order valence-electron chi connectivity index (χ3n) is 7.08. The maximum Gasteiger partial charge on any atom is 0.410 e. The van der Waals surface area contributed by atoms with Gasteiger partial charge in [0.2, 0.25) is 5.91 Å². The Balaban J connectivity index is 1.30. The average molecular weight is 581 g/mol. The fraction of sp³-hybridized carbons (Fsp3) is 0.567. The van der Waals surface area contributed by atoms with Crippen molar-refractivity contribution in [2.75, 3.05) is 18.4 Å². The molecule has 41 heavy (non-hydrogen) atoms. The van der Waals surface area contributed by atoms with E-state index in [1.165, 1.54) is 11.3 Å². The minimum atomic E-state index is -0.780. The third-order valence-corrected chi connectivity index (χ3v) is 7.85. The Morgan fingerprint density at radius 3 is 2.39 bits per heavy atom. The number of aromatic nitrogens is 1. The monoisotopic (exact) mass is 580 g/mol. The molecule has 2 fully saturated rings. The first-order valence-corrected chi connectivity index (χ1v) is 15.1. The van der Waals surface area contributed by atoms with Crippen LogP contribution in [0, 0.1) is 17.2 Å². The molecule has 3 amide bonds. The second-order valence-electron chi connectivity index (χ2n) is 12.3. The zero-order chi connectivity index (χ0) is 29.8. The van der Waals surface area contributed by atoms with Crippen molar-refractivity contribution in [3.05, 3.63) is 35.2 Å². The number of benzene rings is 1. The predicted octanol–water partition coefficient (Wildman–Crippen LogP) is 4.94. The van der Waals surface area contributed by atoms with Gasteiger partial charge in [0.1, 0.15) is 17.2 Å². The van der Waals surface area contributed by atoms with Crippen molar-refractivity contribution in [2.24, 2.45) is 5.92 Å². The molecule has 11 heteroatoms. The molecule has 1 saturated carbocycles. The fourth-order valence-electron chi connectivity index (χ4n) is 4.63. The Kier molecular flexibility index (Phi) is 9.22. The number of rotatable bonds is 9. The van der Waals surface area contributed by atoms with Crippen molar-refractivity contribution >= 4 is 34.4 Å². The first kappa shape index (κ1) is 30.3. The summed E-state index contributed by atoms with van der Waals surface area (Å²) in [6.07, 6.45) is 3.11. The van der Waals surface area contributed by atoms with Gasteiger partial charge in [-0.2, -0.15) is 5.26 Å². The van der Waals surface area contributed by atoms with Gasteiger partial charge >= 0.3 is 6.09 Å². The Hall–Kier alpha value is -3.65. The lowest BCUT2D eigenvalue weighted by Gasteiger charge is -2.33. The molecule has 0 radical (unpaired) electrons. The number of hydrogen-bond acceptors (Lipinski definition) is 8. The number of hydrogen-bond donors (Lipinski definition) is 3. The van der Waals surface area contributed by atoms with Gasteiger partial charge in [-0.25, -0.2) is 9.78 Å². The van der Waals surface area contributed by atoms with Crippen LogP contribution in [0.2, 0.25) is 0 Å². The SMILES string of the molecule is CC(C)C[C@H](NC(=O)c1ccc(-c2csc(NC3CCN(C(=O)OC(C)(C)C)CC3)n2)cc1)C(=O)NC1(C#N)CC1. The normalized spacial score (nSPS) is 17.3. The van der Waals surface area contributed by atoms with Gasteiger partial charge in [-0.3, -0.25) is 9.59 Å². The molecule has 1 aromatic carbocycles. The third kappa shape index (κ3) is 8.43. The Morgan fingerprint density at radius 1 is 1.17 bits per heavy atom. The standard InChI is InChI=1S/C30H40N6O4S/c1-19(2)16-23(26(38)35-30(18-31)12-13-30)33-25(37)21-8-6-20(7-9-21)24-17-41-27(34-24)32-22-10-14-36(15-11-22)28(39)40-29(3,4)5/h6-9,17,19,22-23H,10-16H2,1-5H3,(H,32,34)(H,33,37)(H,35,38)/t23-/m0/s1. The van der Waals surface area contributed by atoms with Crippen LogP contribution in [-0.4, -0.2) is 64.1 Å². The summed E-state index contributed by atoms with van der Waals surface area (Å²) in [5.74, 6) is -0.464. The van der Waals surface area contributed by atoms with Crippen LogP contribution in [-0.2, 0) is 9.53 Å². The van der Waals surface area contributed by atoms with Crippen molar-refractivity contribution < 1.29 is 19.1 Å². The topological polar surface area (TPSA) is 136 Å². The maximum atomic E-state index is 13.0. The molecule has 2 heterocycles. The van der Waals surface area contributed by atoms with Crippen LogP contribution in [0.1, 0.15) is 77.1 Å². The Bertz CT molecular complexity index is 1280. The number of nitrogens with zero attached hydrogens (tertiary/aromatic N) is 3. The molecular weight excluding hydrogens is 540 g/mol. The lowest BCUT2D eigenvalue weighted by atomic mass is 10.0. The van der Waals surface area contributed by atoms with E-state index in [4.69, 9.17) is 9.72 Å². The lowest BCUT2D eigenvalue weighted by Crippen LogP contribution is -2.50. The van der Waals surface area contributed by atoms with E-state index < -0.39 is 17.2 Å². The van der Waals surface area contributed by atoms with Crippen LogP contribution in [0.4, 0.5) is 9.93 Å². The van der Waals surface area contributed by atoms with Crippen LogP contribution < -0.4 is 16.0 Å². The molecule has 0 unspecified atom stereocenters. The van der Waals surface area contributed by atoms with Gasteiger partial charge in [0, 0.05) is 35.6 Å². The zero-order valence-corrected chi connectivity index (χ0v) is 25.3. The van der Waals surface area contributed by atoms with Gasteiger partial charge in [-0.05, 0) is 70.9 Å². The molecule has 2 aromatic rings. The van der Waals surface area contributed by atoms with E-state index in [0.717, 1.165) is 29.2 Å². The average Bonchev–Trinajstić information content (AvgIpc) is 3.54. The Labute approximate surface area is 245 Å². The summed E-state index contributed by atoms with van der Waals surface area (Å²) in [7, 11) is 0. The van der Waals surface area contributed by atoms with Gasteiger partial charge in [-0.15, -0.1) is 11.3 Å². The predicted molar refractivity (Wildman–Crippen MR) is 158 cm³/mol. The van der Waals surface area contributed by atoms with Crippen molar-refractivity contribution in [1.29, 1.82) is 5.26 Å². The molecule has 1 atom stereocenters. The van der Waals surface area contributed by atoms with E-state index in [9.17, 15) is 19.6 Å². The molecule has 1 saturated heterocycles. The summed E-state index contributed by atoms with van der Waals surface area (Å²) in [5, 5.41) is 21.2. The zero-order valence-electron chi connectivity index (χ0n) is 24.5. The van der Waals surface area contributed by atoms with Gasteiger partial charge in [0.05, 0.1) is 11.8 Å². The highest BCUT2D eigenvalue weighted by molar-refractivity contribution is 7.14. The van der Waals surface area contributed by atoms with Gasteiger partial charge in [0.25, 0.3) is 5.91 Å². The maximum absolute atomic E-state index is 13.0. The fourth-order valence-corrected chi connectivity index (χ4v) is 5.43. The number of thiazole rings is 1. The summed E-state index contributed by atoms with van der Waals surface area (Å²) in [6, 6.07) is 8.82. The van der Waals surface area contributed by atoms with Crippen molar-refractivity contribution in [1.82, 2.24) is 20.5 Å². The lowest BCUT2D eigenvalue weighted by molar-refractivity contribution is -0.123. The summed E-state index contributed by atoms with van der Waals surface area (Å²) >= 11 is 1.52. The highest BCUT2D eigenvalue weighted by atomic mass is 32.1.